The number of amides is 1. The van der Waals surface area contributed by atoms with Crippen molar-refractivity contribution in [1.82, 2.24) is 15.5 Å². The highest BCUT2D eigenvalue weighted by Crippen LogP contribution is 2.23. The Morgan fingerprint density at radius 3 is 2.80 bits per heavy atom. The van der Waals surface area contributed by atoms with Crippen LogP contribution in [0.5, 0.6) is 0 Å². The third-order valence-electron chi connectivity index (χ3n) is 2.16. The summed E-state index contributed by atoms with van der Waals surface area (Å²) in [7, 11) is 0. The van der Waals surface area contributed by atoms with Crippen LogP contribution in [0.3, 0.4) is 0 Å². The van der Waals surface area contributed by atoms with Crippen molar-refractivity contribution in [3.8, 4) is 0 Å². The number of rotatable bonds is 4. The highest BCUT2D eigenvalue weighted by molar-refractivity contribution is 5.92. The number of carbonyl (C=O) groups is 1. The number of aromatic nitrogens is 2. The van der Waals surface area contributed by atoms with Crippen LogP contribution in [-0.2, 0) is 0 Å². The average molecular weight is 206 g/mol. The molecule has 1 amide bonds. The number of nitrogens with one attached hydrogen (secondary N) is 2. The number of hydrogen-bond donors (Lipinski definition) is 2. The zero-order valence-electron chi connectivity index (χ0n) is 8.66. The van der Waals surface area contributed by atoms with Crippen LogP contribution in [0.2, 0.25) is 0 Å². The molecular formula is C10H14N4O. The summed E-state index contributed by atoms with van der Waals surface area (Å²) < 4.78 is 0. The quantitative estimate of drug-likeness (QED) is 0.764. The molecule has 0 radical (unpaired) electrons. The minimum absolute atomic E-state index is 0.178. The second kappa shape index (κ2) is 4.25. The molecule has 2 rings (SSSR count). The van der Waals surface area contributed by atoms with E-state index in [1.165, 1.54) is 12.8 Å². The van der Waals surface area contributed by atoms with Gasteiger partial charge in [-0.1, -0.05) is 0 Å². The Morgan fingerprint density at radius 1 is 1.47 bits per heavy atom. The number of hydrogen-bond acceptors (Lipinski definition) is 4. The standard InChI is InChI=1S/C10H14N4O/c1-2-11-10(15)8-5-6-9(14-13-8)12-7-3-4-7/h5-7H,2-4H2,1H3,(H,11,15)(H,12,14). The molecule has 2 N–H and O–H groups in total. The van der Waals surface area contributed by atoms with Gasteiger partial charge in [-0.25, -0.2) is 0 Å². The topological polar surface area (TPSA) is 66.9 Å². The van der Waals surface area contributed by atoms with Crippen molar-refractivity contribution in [2.45, 2.75) is 25.8 Å². The molecule has 0 saturated heterocycles. The fourth-order valence-corrected chi connectivity index (χ4v) is 1.22. The Labute approximate surface area is 88.3 Å². The first-order valence-electron chi connectivity index (χ1n) is 5.18. The van der Waals surface area contributed by atoms with Crippen LogP contribution in [-0.4, -0.2) is 28.7 Å². The Morgan fingerprint density at radius 2 is 2.27 bits per heavy atom. The molecule has 15 heavy (non-hydrogen) atoms. The lowest BCUT2D eigenvalue weighted by atomic mass is 10.3. The first-order valence-corrected chi connectivity index (χ1v) is 5.18. The van der Waals surface area contributed by atoms with Crippen LogP contribution < -0.4 is 10.6 Å². The molecule has 0 aromatic carbocycles. The van der Waals surface area contributed by atoms with Crippen LogP contribution in [0.1, 0.15) is 30.3 Å². The van der Waals surface area contributed by atoms with E-state index in [-0.39, 0.29) is 5.91 Å². The molecule has 1 fully saturated rings. The summed E-state index contributed by atoms with van der Waals surface area (Å²) in [6.07, 6.45) is 2.39. The summed E-state index contributed by atoms with van der Waals surface area (Å²) in [5.74, 6) is 0.563. The molecule has 1 aromatic heterocycles. The summed E-state index contributed by atoms with van der Waals surface area (Å²) >= 11 is 0. The monoisotopic (exact) mass is 206 g/mol. The molecule has 0 aliphatic heterocycles. The van der Waals surface area contributed by atoms with Gasteiger partial charge in [-0.2, -0.15) is 0 Å². The highest BCUT2D eigenvalue weighted by Gasteiger charge is 2.21. The Kier molecular flexibility index (Phi) is 2.80. The minimum atomic E-state index is -0.178. The maximum Gasteiger partial charge on any atom is 0.271 e. The molecule has 1 aliphatic carbocycles. The Balaban J connectivity index is 1.99. The van der Waals surface area contributed by atoms with Crippen molar-refractivity contribution in [3.05, 3.63) is 17.8 Å². The Bertz CT molecular complexity index is 345. The van der Waals surface area contributed by atoms with Crippen LogP contribution in [0.4, 0.5) is 5.82 Å². The van der Waals surface area contributed by atoms with Gasteiger partial charge in [0.25, 0.3) is 5.91 Å². The molecule has 1 heterocycles. The van der Waals surface area contributed by atoms with Gasteiger partial charge in [-0.05, 0) is 31.9 Å². The number of nitrogens with zero attached hydrogens (tertiary/aromatic N) is 2. The van der Waals surface area contributed by atoms with E-state index in [1.807, 2.05) is 6.92 Å². The summed E-state index contributed by atoms with van der Waals surface area (Å²) in [5, 5.41) is 13.7. The van der Waals surface area contributed by atoms with E-state index < -0.39 is 0 Å². The second-order valence-electron chi connectivity index (χ2n) is 3.58. The number of carbonyl (C=O) groups excluding carboxylic acids is 1. The van der Waals surface area contributed by atoms with Crippen molar-refractivity contribution < 1.29 is 4.79 Å². The maximum absolute atomic E-state index is 11.4. The van der Waals surface area contributed by atoms with Crippen LogP contribution >= 0.6 is 0 Å². The molecule has 1 aliphatic rings. The van der Waals surface area contributed by atoms with Gasteiger partial charge >= 0.3 is 0 Å². The van der Waals surface area contributed by atoms with E-state index in [2.05, 4.69) is 20.8 Å². The lowest BCUT2D eigenvalue weighted by molar-refractivity contribution is 0.0950. The van der Waals surface area contributed by atoms with Gasteiger partial charge < -0.3 is 10.6 Å². The van der Waals surface area contributed by atoms with E-state index in [0.29, 0.717) is 18.3 Å². The molecule has 80 valence electrons. The van der Waals surface area contributed by atoms with Gasteiger partial charge in [0.2, 0.25) is 0 Å². The summed E-state index contributed by atoms with van der Waals surface area (Å²) in [6, 6.07) is 4.02. The predicted octanol–water partition coefficient (Wildman–Crippen LogP) is 0.801. The third kappa shape index (κ3) is 2.65. The van der Waals surface area contributed by atoms with Gasteiger partial charge in [0.1, 0.15) is 5.82 Å². The molecule has 5 nitrogen and oxygen atoms in total. The van der Waals surface area contributed by atoms with Crippen LogP contribution in [0, 0.1) is 0 Å². The summed E-state index contributed by atoms with van der Waals surface area (Å²) in [6.45, 7) is 2.47. The van der Waals surface area contributed by atoms with Crippen molar-refractivity contribution in [1.29, 1.82) is 0 Å². The fraction of sp³-hybridized carbons (Fsp3) is 0.500. The molecule has 1 saturated carbocycles. The fourth-order valence-electron chi connectivity index (χ4n) is 1.22. The zero-order chi connectivity index (χ0) is 10.7. The molecular weight excluding hydrogens is 192 g/mol. The lowest BCUT2D eigenvalue weighted by Gasteiger charge is -2.03. The predicted molar refractivity (Wildman–Crippen MR) is 56.7 cm³/mol. The van der Waals surface area contributed by atoms with Crippen molar-refractivity contribution >= 4 is 11.7 Å². The molecule has 0 unspecified atom stereocenters. The smallest absolute Gasteiger partial charge is 0.271 e. The van der Waals surface area contributed by atoms with E-state index in [9.17, 15) is 4.79 Å². The third-order valence-corrected chi connectivity index (χ3v) is 2.16. The van der Waals surface area contributed by atoms with Gasteiger partial charge in [0.15, 0.2) is 5.69 Å². The molecule has 0 bridgehead atoms. The van der Waals surface area contributed by atoms with Gasteiger partial charge in [-0.15, -0.1) is 10.2 Å². The van der Waals surface area contributed by atoms with Gasteiger partial charge in [0, 0.05) is 12.6 Å². The van der Waals surface area contributed by atoms with E-state index in [0.717, 1.165) is 5.82 Å². The SMILES string of the molecule is CCNC(=O)c1ccc(NC2CC2)nn1. The van der Waals surface area contributed by atoms with Gasteiger partial charge in [-0.3, -0.25) is 4.79 Å². The maximum atomic E-state index is 11.4. The van der Waals surface area contributed by atoms with E-state index in [1.54, 1.807) is 12.1 Å². The Hall–Kier alpha value is -1.65. The molecule has 0 spiro atoms. The van der Waals surface area contributed by atoms with E-state index >= 15 is 0 Å². The van der Waals surface area contributed by atoms with Crippen molar-refractivity contribution in [3.63, 3.8) is 0 Å². The van der Waals surface area contributed by atoms with Crippen molar-refractivity contribution in [2.24, 2.45) is 0 Å². The van der Waals surface area contributed by atoms with E-state index in [4.69, 9.17) is 0 Å². The minimum Gasteiger partial charge on any atom is -0.366 e. The van der Waals surface area contributed by atoms with Gasteiger partial charge in [0.05, 0.1) is 0 Å². The van der Waals surface area contributed by atoms with Crippen LogP contribution in [0.25, 0.3) is 0 Å². The lowest BCUT2D eigenvalue weighted by Crippen LogP contribution is -2.24. The zero-order valence-corrected chi connectivity index (χ0v) is 8.66. The largest absolute Gasteiger partial charge is 0.366 e. The number of anilines is 1. The summed E-state index contributed by atoms with van der Waals surface area (Å²) in [4.78, 5) is 11.4. The van der Waals surface area contributed by atoms with Crippen molar-refractivity contribution in [2.75, 3.05) is 11.9 Å². The summed E-state index contributed by atoms with van der Waals surface area (Å²) in [5.41, 5.74) is 0.359. The van der Waals surface area contributed by atoms with Crippen LogP contribution in [0.15, 0.2) is 12.1 Å². The molecule has 5 heteroatoms. The molecule has 0 atom stereocenters. The first-order chi connectivity index (χ1) is 7.29. The average Bonchev–Trinajstić information content (AvgIpc) is 3.03. The second-order valence-corrected chi connectivity index (χ2v) is 3.58. The first kappa shape index (κ1) is 9.89. The molecule has 1 aromatic rings. The highest BCUT2D eigenvalue weighted by atomic mass is 16.1. The normalized spacial score (nSPS) is 14.7.